The van der Waals surface area contributed by atoms with E-state index in [4.69, 9.17) is 16.0 Å². The first-order chi connectivity index (χ1) is 9.13. The van der Waals surface area contributed by atoms with Crippen LogP contribution in [-0.2, 0) is 0 Å². The zero-order valence-corrected chi connectivity index (χ0v) is 11.8. The number of rotatable bonds is 5. The summed E-state index contributed by atoms with van der Waals surface area (Å²) in [6, 6.07) is 6.06. The highest BCUT2D eigenvalue weighted by Crippen LogP contribution is 2.31. The van der Waals surface area contributed by atoms with E-state index in [0.29, 0.717) is 10.6 Å². The van der Waals surface area contributed by atoms with E-state index >= 15 is 0 Å². The van der Waals surface area contributed by atoms with Crippen LogP contribution in [0.15, 0.2) is 34.9 Å². The molecule has 1 aromatic heterocycles. The summed E-state index contributed by atoms with van der Waals surface area (Å²) in [6.07, 6.45) is 2.61. The van der Waals surface area contributed by atoms with E-state index in [-0.39, 0.29) is 11.9 Å². The Labute approximate surface area is 117 Å². The summed E-state index contributed by atoms with van der Waals surface area (Å²) < 4.78 is 19.0. The number of furan rings is 1. The van der Waals surface area contributed by atoms with Crippen molar-refractivity contribution in [2.75, 3.05) is 6.54 Å². The Morgan fingerprint density at radius 1 is 1.37 bits per heavy atom. The first-order valence-electron chi connectivity index (χ1n) is 6.35. The molecule has 2 nitrogen and oxygen atoms in total. The summed E-state index contributed by atoms with van der Waals surface area (Å²) in [7, 11) is 0. The third-order valence-electron chi connectivity index (χ3n) is 3.03. The quantitative estimate of drug-likeness (QED) is 0.875. The summed E-state index contributed by atoms with van der Waals surface area (Å²) in [5, 5.41) is 3.89. The Morgan fingerprint density at radius 2 is 2.16 bits per heavy atom. The van der Waals surface area contributed by atoms with Crippen molar-refractivity contribution in [3.05, 3.63) is 58.3 Å². The highest BCUT2D eigenvalue weighted by atomic mass is 35.5. The normalized spacial score (nSPS) is 12.6. The number of nitrogens with one attached hydrogen (secondary N) is 1. The molecule has 0 aliphatic carbocycles. The maximum Gasteiger partial charge on any atom is 0.128 e. The molecule has 1 N–H and O–H groups in total. The monoisotopic (exact) mass is 281 g/mol. The SMILES string of the molecule is CCCNC(c1cc(F)ccc1Cl)c1occc1C. The lowest BCUT2D eigenvalue weighted by atomic mass is 10.0. The minimum atomic E-state index is -0.299. The zero-order valence-electron chi connectivity index (χ0n) is 11.0. The third-order valence-corrected chi connectivity index (χ3v) is 3.38. The standard InChI is InChI=1S/C15H17ClFNO/c1-3-7-18-14(15-10(2)6-8-19-15)12-9-11(17)4-5-13(12)16/h4-6,8-9,14,18H,3,7H2,1-2H3. The lowest BCUT2D eigenvalue weighted by Crippen LogP contribution is -2.23. The van der Waals surface area contributed by atoms with Gasteiger partial charge in [-0.1, -0.05) is 18.5 Å². The van der Waals surface area contributed by atoms with Crippen LogP contribution in [0.25, 0.3) is 0 Å². The van der Waals surface area contributed by atoms with Crippen LogP contribution in [0.3, 0.4) is 0 Å². The smallest absolute Gasteiger partial charge is 0.128 e. The van der Waals surface area contributed by atoms with E-state index in [1.54, 1.807) is 12.3 Å². The molecule has 0 saturated carbocycles. The van der Waals surface area contributed by atoms with E-state index in [1.807, 2.05) is 13.0 Å². The molecule has 0 bridgehead atoms. The molecule has 4 heteroatoms. The summed E-state index contributed by atoms with van der Waals surface area (Å²) in [5.41, 5.74) is 1.72. The molecule has 0 amide bonds. The Kier molecular flexibility index (Phi) is 4.61. The summed E-state index contributed by atoms with van der Waals surface area (Å²) in [4.78, 5) is 0. The van der Waals surface area contributed by atoms with E-state index < -0.39 is 0 Å². The van der Waals surface area contributed by atoms with Crippen LogP contribution in [-0.4, -0.2) is 6.54 Å². The lowest BCUT2D eigenvalue weighted by molar-refractivity contribution is 0.443. The fourth-order valence-electron chi connectivity index (χ4n) is 2.05. The molecule has 0 aliphatic rings. The van der Waals surface area contributed by atoms with Crippen LogP contribution in [0, 0.1) is 12.7 Å². The van der Waals surface area contributed by atoms with Gasteiger partial charge in [-0.05, 0) is 55.3 Å². The second-order valence-electron chi connectivity index (χ2n) is 4.52. The predicted molar refractivity (Wildman–Crippen MR) is 75.0 cm³/mol. The fraction of sp³-hybridized carbons (Fsp3) is 0.333. The van der Waals surface area contributed by atoms with Gasteiger partial charge in [0, 0.05) is 5.02 Å². The molecule has 0 radical (unpaired) electrons. The summed E-state index contributed by atoms with van der Waals surface area (Å²) in [5.74, 6) is 0.479. The molecule has 0 saturated heterocycles. The average molecular weight is 282 g/mol. The Bertz CT molecular complexity index is 553. The topological polar surface area (TPSA) is 25.2 Å². The van der Waals surface area contributed by atoms with Crippen molar-refractivity contribution in [3.63, 3.8) is 0 Å². The predicted octanol–water partition coefficient (Wildman–Crippen LogP) is 4.47. The summed E-state index contributed by atoms with van der Waals surface area (Å²) in [6.45, 7) is 4.84. The Balaban J connectivity index is 2.42. The van der Waals surface area contributed by atoms with Gasteiger partial charge < -0.3 is 9.73 Å². The maximum atomic E-state index is 13.5. The highest BCUT2D eigenvalue weighted by Gasteiger charge is 2.21. The molecule has 0 fully saturated rings. The second-order valence-corrected chi connectivity index (χ2v) is 4.93. The van der Waals surface area contributed by atoms with Crippen LogP contribution < -0.4 is 5.32 Å². The fourth-order valence-corrected chi connectivity index (χ4v) is 2.28. The van der Waals surface area contributed by atoms with Gasteiger partial charge in [0.15, 0.2) is 0 Å². The molecular formula is C15H17ClFNO. The van der Waals surface area contributed by atoms with Crippen molar-refractivity contribution in [2.24, 2.45) is 0 Å². The van der Waals surface area contributed by atoms with Gasteiger partial charge in [0.1, 0.15) is 11.6 Å². The maximum absolute atomic E-state index is 13.5. The Hall–Kier alpha value is -1.32. The number of benzene rings is 1. The van der Waals surface area contributed by atoms with Crippen molar-refractivity contribution >= 4 is 11.6 Å². The van der Waals surface area contributed by atoms with E-state index in [0.717, 1.165) is 24.3 Å². The highest BCUT2D eigenvalue weighted by molar-refractivity contribution is 6.31. The van der Waals surface area contributed by atoms with Gasteiger partial charge >= 0.3 is 0 Å². The molecule has 102 valence electrons. The number of aryl methyl sites for hydroxylation is 1. The first kappa shape index (κ1) is 14.1. The number of hydrogen-bond donors (Lipinski definition) is 1. The van der Waals surface area contributed by atoms with Crippen molar-refractivity contribution in [3.8, 4) is 0 Å². The molecular weight excluding hydrogens is 265 g/mol. The van der Waals surface area contributed by atoms with Gasteiger partial charge in [-0.3, -0.25) is 0 Å². The van der Waals surface area contributed by atoms with Crippen LogP contribution in [0.4, 0.5) is 4.39 Å². The molecule has 1 heterocycles. The molecule has 2 aromatic rings. The van der Waals surface area contributed by atoms with E-state index in [2.05, 4.69) is 12.2 Å². The van der Waals surface area contributed by atoms with Crippen LogP contribution in [0.2, 0.25) is 5.02 Å². The van der Waals surface area contributed by atoms with Gasteiger partial charge in [0.05, 0.1) is 12.3 Å². The van der Waals surface area contributed by atoms with Gasteiger partial charge in [-0.2, -0.15) is 0 Å². The van der Waals surface area contributed by atoms with Crippen molar-refractivity contribution < 1.29 is 8.81 Å². The Morgan fingerprint density at radius 3 is 2.79 bits per heavy atom. The first-order valence-corrected chi connectivity index (χ1v) is 6.73. The molecule has 1 atom stereocenters. The van der Waals surface area contributed by atoms with Crippen LogP contribution >= 0.6 is 11.6 Å². The zero-order chi connectivity index (χ0) is 13.8. The van der Waals surface area contributed by atoms with Gasteiger partial charge in [-0.25, -0.2) is 4.39 Å². The third kappa shape index (κ3) is 3.17. The molecule has 1 aromatic carbocycles. The van der Waals surface area contributed by atoms with Gasteiger partial charge in [0.2, 0.25) is 0 Å². The van der Waals surface area contributed by atoms with Crippen LogP contribution in [0.5, 0.6) is 0 Å². The van der Waals surface area contributed by atoms with Gasteiger partial charge in [0.25, 0.3) is 0 Å². The minimum absolute atomic E-state index is 0.224. The summed E-state index contributed by atoms with van der Waals surface area (Å²) >= 11 is 6.19. The molecule has 2 rings (SSSR count). The van der Waals surface area contributed by atoms with E-state index in [1.165, 1.54) is 12.1 Å². The minimum Gasteiger partial charge on any atom is -0.467 e. The van der Waals surface area contributed by atoms with Crippen molar-refractivity contribution in [1.82, 2.24) is 5.32 Å². The largest absolute Gasteiger partial charge is 0.467 e. The van der Waals surface area contributed by atoms with Crippen LogP contribution in [0.1, 0.15) is 36.3 Å². The molecule has 0 aliphatic heterocycles. The van der Waals surface area contributed by atoms with Crippen molar-refractivity contribution in [1.29, 1.82) is 0 Å². The van der Waals surface area contributed by atoms with E-state index in [9.17, 15) is 4.39 Å². The van der Waals surface area contributed by atoms with Crippen molar-refractivity contribution in [2.45, 2.75) is 26.3 Å². The average Bonchev–Trinajstić information content (AvgIpc) is 2.80. The van der Waals surface area contributed by atoms with Gasteiger partial charge in [-0.15, -0.1) is 0 Å². The molecule has 0 spiro atoms. The second kappa shape index (κ2) is 6.22. The number of hydrogen-bond acceptors (Lipinski definition) is 2. The lowest BCUT2D eigenvalue weighted by Gasteiger charge is -2.19. The molecule has 1 unspecified atom stereocenters. The number of halogens is 2. The molecule has 19 heavy (non-hydrogen) atoms.